The Labute approximate surface area is 136 Å². The molecule has 7 heteroatoms. The number of phenolic OH excluding ortho intramolecular Hbond substituents is 1. The van der Waals surface area contributed by atoms with E-state index in [1.807, 2.05) is 19.9 Å². The van der Waals surface area contributed by atoms with Crippen molar-refractivity contribution < 1.29 is 13.9 Å². The summed E-state index contributed by atoms with van der Waals surface area (Å²) in [4.78, 5) is 1.38. The van der Waals surface area contributed by atoms with Crippen molar-refractivity contribution in [2.75, 3.05) is 0 Å². The Morgan fingerprint density at radius 3 is 2.57 bits per heavy atom. The zero-order valence-corrected chi connectivity index (χ0v) is 13.8. The lowest BCUT2D eigenvalue weighted by molar-refractivity contribution is 0.463. The molecule has 0 bridgehead atoms. The fraction of sp³-hybridized carbons (Fsp3) is 0.250. The predicted molar refractivity (Wildman–Crippen MR) is 87.3 cm³/mol. The van der Waals surface area contributed by atoms with Gasteiger partial charge in [-0.05, 0) is 66.7 Å². The molecule has 2 aromatic carbocycles. The van der Waals surface area contributed by atoms with E-state index < -0.39 is 16.3 Å². The number of aryl methyl sites for hydroxylation is 2. The summed E-state index contributed by atoms with van der Waals surface area (Å²) in [5, 5.41) is 18.4. The Kier molecular flexibility index (Phi) is 3.91. The number of hydrogen-bond acceptors (Lipinski definition) is 5. The van der Waals surface area contributed by atoms with Gasteiger partial charge in [-0.2, -0.15) is 0 Å². The second-order valence-corrected chi connectivity index (χ2v) is 6.82. The number of benzene rings is 2. The summed E-state index contributed by atoms with van der Waals surface area (Å²) < 4.78 is 22.2. The topological polar surface area (TPSA) is 91.1 Å². The monoisotopic (exact) mass is 330 g/mol. The van der Waals surface area contributed by atoms with Crippen molar-refractivity contribution in [3.63, 3.8) is 0 Å². The summed E-state index contributed by atoms with van der Waals surface area (Å²) in [5.74, 6) is 0.130. The Morgan fingerprint density at radius 1 is 1.17 bits per heavy atom. The molecule has 2 atom stereocenters. The first kappa shape index (κ1) is 15.6. The lowest BCUT2D eigenvalue weighted by atomic mass is 10.1. The van der Waals surface area contributed by atoms with Crippen LogP contribution in [-0.2, 0) is 11.1 Å². The maximum Gasteiger partial charge on any atom is 0.146 e. The van der Waals surface area contributed by atoms with Gasteiger partial charge in [0.2, 0.25) is 0 Å². The first-order valence-corrected chi connectivity index (χ1v) is 8.26. The van der Waals surface area contributed by atoms with Gasteiger partial charge in [-0.3, -0.25) is 4.21 Å². The van der Waals surface area contributed by atoms with Gasteiger partial charge in [0.15, 0.2) is 0 Å². The van der Waals surface area contributed by atoms with E-state index in [4.69, 9.17) is 0 Å². The van der Waals surface area contributed by atoms with Crippen LogP contribution in [0.15, 0.2) is 30.3 Å². The zero-order chi connectivity index (χ0) is 16.7. The molecule has 0 aliphatic carbocycles. The van der Waals surface area contributed by atoms with E-state index in [0.29, 0.717) is 22.3 Å². The maximum atomic E-state index is 11.1. The molecule has 0 amide bonds. The summed E-state index contributed by atoms with van der Waals surface area (Å²) in [5.41, 5.74) is 4.11. The molecule has 0 aliphatic rings. The van der Waals surface area contributed by atoms with Crippen LogP contribution in [0.2, 0.25) is 0 Å². The van der Waals surface area contributed by atoms with Crippen molar-refractivity contribution in [1.29, 1.82) is 0 Å². The Bertz CT molecular complexity index is 920. The molecule has 2 unspecified atom stereocenters. The van der Waals surface area contributed by atoms with Gasteiger partial charge < -0.3 is 9.66 Å². The van der Waals surface area contributed by atoms with Crippen LogP contribution in [-0.4, -0.2) is 28.9 Å². The Balaban J connectivity index is 2.12. The van der Waals surface area contributed by atoms with E-state index in [1.165, 1.54) is 4.80 Å². The van der Waals surface area contributed by atoms with Gasteiger partial charge in [0.05, 0.1) is 0 Å². The molecule has 120 valence electrons. The average Bonchev–Trinajstić information content (AvgIpc) is 2.92. The fourth-order valence-electron chi connectivity index (χ4n) is 2.49. The SMILES string of the molecule is Cc1cc(C)c(O)c(-n2nc3ccc(C(C)S(=O)[O-])cc3n2)c1. The minimum atomic E-state index is -2.19. The highest BCUT2D eigenvalue weighted by atomic mass is 32.2. The summed E-state index contributed by atoms with van der Waals surface area (Å²) >= 11 is -2.19. The smallest absolute Gasteiger partial charge is 0.146 e. The van der Waals surface area contributed by atoms with E-state index in [9.17, 15) is 13.9 Å². The second-order valence-electron chi connectivity index (χ2n) is 5.59. The standard InChI is InChI=1S/C16H17N3O3S/c1-9-6-10(2)16(20)15(7-9)19-17-13-5-4-12(8-14(13)18-19)11(3)23(21)22/h4-8,11,20H,1-3H3,(H,21,22)/p-1. The number of phenols is 1. The zero-order valence-electron chi connectivity index (χ0n) is 13.0. The van der Waals surface area contributed by atoms with E-state index in [2.05, 4.69) is 10.2 Å². The van der Waals surface area contributed by atoms with Crippen molar-refractivity contribution in [2.45, 2.75) is 26.0 Å². The average molecular weight is 330 g/mol. The molecule has 3 aromatic rings. The summed E-state index contributed by atoms with van der Waals surface area (Å²) in [6.07, 6.45) is 0. The molecule has 0 radical (unpaired) electrons. The predicted octanol–water partition coefficient (Wildman–Crippen LogP) is 2.68. The van der Waals surface area contributed by atoms with Crippen LogP contribution in [0.3, 0.4) is 0 Å². The molecule has 6 nitrogen and oxygen atoms in total. The van der Waals surface area contributed by atoms with Gasteiger partial charge in [0.1, 0.15) is 22.5 Å². The van der Waals surface area contributed by atoms with Crippen LogP contribution in [0.25, 0.3) is 16.7 Å². The quantitative estimate of drug-likeness (QED) is 0.746. The van der Waals surface area contributed by atoms with Crippen molar-refractivity contribution in [1.82, 2.24) is 15.0 Å². The fourth-order valence-corrected chi connectivity index (χ4v) is 2.86. The van der Waals surface area contributed by atoms with Crippen LogP contribution in [0.1, 0.15) is 28.9 Å². The molecule has 0 spiro atoms. The normalized spacial score (nSPS) is 14.1. The van der Waals surface area contributed by atoms with E-state index in [0.717, 1.165) is 11.1 Å². The largest absolute Gasteiger partial charge is 0.772 e. The number of rotatable bonds is 3. The third-order valence-corrected chi connectivity index (χ3v) is 4.65. The molecule has 3 rings (SSSR count). The number of fused-ring (bicyclic) bond motifs is 1. The van der Waals surface area contributed by atoms with Gasteiger partial charge in [0, 0.05) is 5.25 Å². The number of nitrogens with zero attached hydrogens (tertiary/aromatic N) is 3. The molecule has 1 aromatic heterocycles. The Hall–Kier alpha value is -2.25. The highest BCUT2D eigenvalue weighted by Crippen LogP contribution is 2.28. The van der Waals surface area contributed by atoms with E-state index in [-0.39, 0.29) is 5.75 Å². The third-order valence-electron chi connectivity index (χ3n) is 3.80. The molecule has 0 aliphatic heterocycles. The van der Waals surface area contributed by atoms with E-state index in [1.54, 1.807) is 31.2 Å². The molecule has 0 saturated heterocycles. The van der Waals surface area contributed by atoms with Crippen LogP contribution in [0, 0.1) is 13.8 Å². The molecule has 0 fully saturated rings. The highest BCUT2D eigenvalue weighted by molar-refractivity contribution is 7.79. The van der Waals surface area contributed by atoms with Crippen LogP contribution in [0.4, 0.5) is 0 Å². The lowest BCUT2D eigenvalue weighted by Gasteiger charge is -2.14. The highest BCUT2D eigenvalue weighted by Gasteiger charge is 2.13. The summed E-state index contributed by atoms with van der Waals surface area (Å²) in [7, 11) is 0. The minimum absolute atomic E-state index is 0.130. The molecule has 23 heavy (non-hydrogen) atoms. The third kappa shape index (κ3) is 2.85. The minimum Gasteiger partial charge on any atom is -0.772 e. The molecule has 1 heterocycles. The van der Waals surface area contributed by atoms with Gasteiger partial charge in [0.25, 0.3) is 0 Å². The van der Waals surface area contributed by atoms with Crippen LogP contribution in [0.5, 0.6) is 5.75 Å². The van der Waals surface area contributed by atoms with Crippen LogP contribution < -0.4 is 0 Å². The second kappa shape index (κ2) is 5.75. The van der Waals surface area contributed by atoms with Crippen molar-refractivity contribution >= 4 is 22.1 Å². The lowest BCUT2D eigenvalue weighted by Crippen LogP contribution is -2.01. The van der Waals surface area contributed by atoms with E-state index >= 15 is 0 Å². The summed E-state index contributed by atoms with van der Waals surface area (Å²) in [6, 6.07) is 8.85. The van der Waals surface area contributed by atoms with Crippen molar-refractivity contribution in [2.24, 2.45) is 0 Å². The molecule has 0 saturated carbocycles. The number of hydrogen-bond donors (Lipinski definition) is 1. The molecular weight excluding hydrogens is 314 g/mol. The van der Waals surface area contributed by atoms with Gasteiger partial charge >= 0.3 is 0 Å². The Morgan fingerprint density at radius 2 is 1.87 bits per heavy atom. The number of aromatic nitrogens is 3. The van der Waals surface area contributed by atoms with Crippen LogP contribution >= 0.6 is 0 Å². The van der Waals surface area contributed by atoms with Gasteiger partial charge in [-0.15, -0.1) is 15.0 Å². The molecule has 1 N–H and O–H groups in total. The first-order chi connectivity index (χ1) is 10.9. The van der Waals surface area contributed by atoms with Gasteiger partial charge in [-0.1, -0.05) is 12.1 Å². The van der Waals surface area contributed by atoms with Crippen molar-refractivity contribution in [3.8, 4) is 11.4 Å². The van der Waals surface area contributed by atoms with Gasteiger partial charge in [-0.25, -0.2) is 0 Å². The number of aromatic hydroxyl groups is 1. The van der Waals surface area contributed by atoms with Crippen molar-refractivity contribution in [3.05, 3.63) is 47.0 Å². The molecular formula is C16H16N3O3S-. The summed E-state index contributed by atoms with van der Waals surface area (Å²) in [6.45, 7) is 5.37. The first-order valence-electron chi connectivity index (χ1n) is 7.12. The maximum absolute atomic E-state index is 11.1.